The van der Waals surface area contributed by atoms with Crippen molar-refractivity contribution in [2.24, 2.45) is 0 Å². The van der Waals surface area contributed by atoms with E-state index < -0.39 is 36.2 Å². The molecule has 7 heteroatoms. The first-order valence-corrected chi connectivity index (χ1v) is 5.99. The maximum atomic E-state index is 11.1. The van der Waals surface area contributed by atoms with Crippen molar-refractivity contribution in [1.82, 2.24) is 0 Å². The van der Waals surface area contributed by atoms with E-state index in [0.717, 1.165) is 0 Å². The van der Waals surface area contributed by atoms with Gasteiger partial charge in [0.05, 0.1) is 6.61 Å². The molecule has 1 aliphatic rings. The molecule has 1 heterocycles. The molecule has 0 aromatic carbocycles. The maximum absolute atomic E-state index is 11.1. The van der Waals surface area contributed by atoms with Crippen LogP contribution in [0, 0.1) is 0 Å². The van der Waals surface area contributed by atoms with Gasteiger partial charge < -0.3 is 18.9 Å². The minimum Gasteiger partial charge on any atom is -0.463 e. The van der Waals surface area contributed by atoms with Crippen LogP contribution in [-0.4, -0.2) is 49.4 Å². The zero-order chi connectivity index (χ0) is 14.4. The summed E-state index contributed by atoms with van der Waals surface area (Å²) in [5.41, 5.74) is 0. The molecule has 0 aliphatic carbocycles. The predicted octanol–water partition coefficient (Wildman–Crippen LogP) is 0.202. The predicted molar refractivity (Wildman–Crippen MR) is 62.1 cm³/mol. The van der Waals surface area contributed by atoms with Crippen LogP contribution in [0.1, 0.15) is 27.2 Å². The minimum absolute atomic E-state index is 0.0506. The largest absolute Gasteiger partial charge is 0.463 e. The van der Waals surface area contributed by atoms with E-state index in [1.54, 1.807) is 0 Å². The standard InChI is InChI=1S/C12H18O7/c1-7(13)17-6-11-12(19-9(3)15)10(4-5-16-11)18-8(2)14/h10-12H,4-6H2,1-3H3/t10-,11-,12-/m0/s1. The molecule has 0 bridgehead atoms. The Morgan fingerprint density at radius 3 is 2.21 bits per heavy atom. The molecule has 1 fully saturated rings. The van der Waals surface area contributed by atoms with Crippen LogP contribution in [0.15, 0.2) is 0 Å². The second-order valence-corrected chi connectivity index (χ2v) is 4.22. The van der Waals surface area contributed by atoms with E-state index in [2.05, 4.69) is 0 Å². The topological polar surface area (TPSA) is 88.1 Å². The van der Waals surface area contributed by atoms with E-state index in [1.165, 1.54) is 20.8 Å². The van der Waals surface area contributed by atoms with E-state index in [0.29, 0.717) is 13.0 Å². The molecule has 1 rings (SSSR count). The lowest BCUT2D eigenvalue weighted by Gasteiger charge is -2.36. The quantitative estimate of drug-likeness (QED) is 0.534. The van der Waals surface area contributed by atoms with Crippen molar-refractivity contribution in [1.29, 1.82) is 0 Å². The molecular weight excluding hydrogens is 256 g/mol. The lowest BCUT2D eigenvalue weighted by Crippen LogP contribution is -2.50. The highest BCUT2D eigenvalue weighted by Gasteiger charge is 2.39. The summed E-state index contributed by atoms with van der Waals surface area (Å²) in [5, 5.41) is 0. The van der Waals surface area contributed by atoms with Gasteiger partial charge in [-0.15, -0.1) is 0 Å². The number of esters is 3. The first kappa shape index (κ1) is 15.4. The van der Waals surface area contributed by atoms with E-state index in [9.17, 15) is 14.4 Å². The molecule has 0 aromatic rings. The zero-order valence-corrected chi connectivity index (χ0v) is 11.2. The molecule has 0 amide bonds. The van der Waals surface area contributed by atoms with Crippen LogP contribution in [-0.2, 0) is 33.3 Å². The third-order valence-corrected chi connectivity index (χ3v) is 2.54. The average molecular weight is 274 g/mol. The number of hydrogen-bond acceptors (Lipinski definition) is 7. The fourth-order valence-electron chi connectivity index (χ4n) is 1.86. The zero-order valence-electron chi connectivity index (χ0n) is 11.2. The third-order valence-electron chi connectivity index (χ3n) is 2.54. The summed E-state index contributed by atoms with van der Waals surface area (Å²) in [6, 6.07) is 0. The second kappa shape index (κ2) is 7.08. The Kier molecular flexibility index (Phi) is 5.75. The Morgan fingerprint density at radius 1 is 1.05 bits per heavy atom. The smallest absolute Gasteiger partial charge is 0.303 e. The lowest BCUT2D eigenvalue weighted by molar-refractivity contribution is -0.200. The van der Waals surface area contributed by atoms with Crippen molar-refractivity contribution in [2.45, 2.75) is 45.5 Å². The van der Waals surface area contributed by atoms with Gasteiger partial charge >= 0.3 is 17.9 Å². The van der Waals surface area contributed by atoms with Crippen LogP contribution in [0.2, 0.25) is 0 Å². The van der Waals surface area contributed by atoms with Gasteiger partial charge in [-0.1, -0.05) is 0 Å². The molecule has 0 spiro atoms. The number of carbonyl (C=O) groups is 3. The van der Waals surface area contributed by atoms with Crippen molar-refractivity contribution in [3.8, 4) is 0 Å². The Balaban J connectivity index is 2.72. The fraction of sp³-hybridized carbons (Fsp3) is 0.750. The monoisotopic (exact) mass is 274 g/mol. The maximum Gasteiger partial charge on any atom is 0.303 e. The molecule has 1 saturated heterocycles. The summed E-state index contributed by atoms with van der Waals surface area (Å²) in [5.74, 6) is -1.43. The van der Waals surface area contributed by atoms with Gasteiger partial charge in [-0.05, 0) is 0 Å². The summed E-state index contributed by atoms with van der Waals surface area (Å²) in [7, 11) is 0. The van der Waals surface area contributed by atoms with Crippen LogP contribution in [0.25, 0.3) is 0 Å². The van der Waals surface area contributed by atoms with Gasteiger partial charge in [0, 0.05) is 27.2 Å². The summed E-state index contributed by atoms with van der Waals surface area (Å²) >= 11 is 0. The highest BCUT2D eigenvalue weighted by atomic mass is 16.6. The summed E-state index contributed by atoms with van der Waals surface area (Å²) < 4.78 is 20.5. The number of rotatable bonds is 4. The number of ether oxygens (including phenoxy) is 4. The number of carbonyl (C=O) groups excluding carboxylic acids is 3. The van der Waals surface area contributed by atoms with Gasteiger partial charge in [0.2, 0.25) is 0 Å². The third kappa shape index (κ3) is 5.25. The molecular formula is C12H18O7. The lowest BCUT2D eigenvalue weighted by atomic mass is 10.0. The Morgan fingerprint density at radius 2 is 1.68 bits per heavy atom. The van der Waals surface area contributed by atoms with E-state index in [1.807, 2.05) is 0 Å². The van der Waals surface area contributed by atoms with Gasteiger partial charge in [0.1, 0.15) is 18.8 Å². The van der Waals surface area contributed by atoms with Crippen LogP contribution in [0.4, 0.5) is 0 Å². The van der Waals surface area contributed by atoms with Gasteiger partial charge in [0.25, 0.3) is 0 Å². The van der Waals surface area contributed by atoms with Crippen LogP contribution in [0.5, 0.6) is 0 Å². The Hall–Kier alpha value is -1.63. The van der Waals surface area contributed by atoms with Crippen molar-refractivity contribution >= 4 is 17.9 Å². The molecule has 0 N–H and O–H groups in total. The molecule has 0 aromatic heterocycles. The highest BCUT2D eigenvalue weighted by Crippen LogP contribution is 2.22. The van der Waals surface area contributed by atoms with E-state index >= 15 is 0 Å². The summed E-state index contributed by atoms with van der Waals surface area (Å²) in [4.78, 5) is 32.9. The van der Waals surface area contributed by atoms with Crippen molar-refractivity contribution in [3.63, 3.8) is 0 Å². The first-order chi connectivity index (χ1) is 8.90. The van der Waals surface area contributed by atoms with Gasteiger partial charge in [-0.3, -0.25) is 14.4 Å². The van der Waals surface area contributed by atoms with Gasteiger partial charge in [0.15, 0.2) is 6.10 Å². The second-order valence-electron chi connectivity index (χ2n) is 4.22. The highest BCUT2D eigenvalue weighted by molar-refractivity contribution is 5.67. The molecule has 19 heavy (non-hydrogen) atoms. The minimum atomic E-state index is -0.769. The van der Waals surface area contributed by atoms with E-state index in [4.69, 9.17) is 18.9 Å². The Labute approximate surface area is 111 Å². The molecule has 0 saturated carbocycles. The molecule has 108 valence electrons. The molecule has 1 aliphatic heterocycles. The van der Waals surface area contributed by atoms with Crippen LogP contribution in [0.3, 0.4) is 0 Å². The molecule has 0 unspecified atom stereocenters. The van der Waals surface area contributed by atoms with Crippen molar-refractivity contribution < 1.29 is 33.3 Å². The van der Waals surface area contributed by atoms with Crippen LogP contribution < -0.4 is 0 Å². The fourth-order valence-corrected chi connectivity index (χ4v) is 1.86. The molecule has 3 atom stereocenters. The van der Waals surface area contributed by atoms with E-state index in [-0.39, 0.29) is 6.61 Å². The van der Waals surface area contributed by atoms with Crippen LogP contribution >= 0.6 is 0 Å². The van der Waals surface area contributed by atoms with Crippen molar-refractivity contribution in [3.05, 3.63) is 0 Å². The average Bonchev–Trinajstić information content (AvgIpc) is 2.28. The summed E-state index contributed by atoms with van der Waals surface area (Å²) in [6.45, 7) is 4.09. The summed E-state index contributed by atoms with van der Waals surface area (Å²) in [6.07, 6.45) is -1.57. The molecule has 7 nitrogen and oxygen atoms in total. The number of hydrogen-bond donors (Lipinski definition) is 0. The SMILES string of the molecule is CC(=O)OC[C@@H]1OCC[C@H](OC(C)=O)[C@@H]1OC(C)=O. The Bertz CT molecular complexity index is 352. The first-order valence-electron chi connectivity index (χ1n) is 5.99. The van der Waals surface area contributed by atoms with Crippen molar-refractivity contribution in [2.75, 3.05) is 13.2 Å². The van der Waals surface area contributed by atoms with Gasteiger partial charge in [-0.25, -0.2) is 0 Å². The normalized spacial score (nSPS) is 26.4. The molecule has 0 radical (unpaired) electrons. The van der Waals surface area contributed by atoms with Gasteiger partial charge in [-0.2, -0.15) is 0 Å².